The van der Waals surface area contributed by atoms with E-state index in [0.29, 0.717) is 18.6 Å². The van der Waals surface area contributed by atoms with Crippen LogP contribution in [-0.4, -0.2) is 30.9 Å². The second kappa shape index (κ2) is 14.2. The Morgan fingerprint density at radius 1 is 1.00 bits per heavy atom. The fraction of sp³-hybridized carbons (Fsp3) is 0.286. The molecule has 0 aliphatic heterocycles. The fourth-order valence-corrected chi connectivity index (χ4v) is 3.52. The maximum Gasteiger partial charge on any atom is 0.308 e. The van der Waals surface area contributed by atoms with Crippen LogP contribution in [0.15, 0.2) is 48.5 Å². The van der Waals surface area contributed by atoms with Gasteiger partial charge in [0.1, 0.15) is 17.5 Å². The molecule has 165 valence electrons. The standard InChI is InChI=1S/C21H26N2O5P2.V/c1-14(24)28-18-10-5-16(6-11-18)13-19(21(26)23-30-29)22-20(25)12-7-15-3-8-17(27-2)9-4-15;/h3-6,8-11,19,30H,7,12-13,29H2,1-2H3,(H,22,25)(H,23,26);. The van der Waals surface area contributed by atoms with Crippen molar-refractivity contribution in [1.82, 2.24) is 10.4 Å². The molecule has 1 radical (unpaired) electrons. The molecule has 3 atom stereocenters. The Hall–Kier alpha value is -1.91. The first-order valence-electron chi connectivity index (χ1n) is 9.36. The van der Waals surface area contributed by atoms with E-state index >= 15 is 0 Å². The summed E-state index contributed by atoms with van der Waals surface area (Å²) in [6.07, 6.45) is 1.16. The van der Waals surface area contributed by atoms with Gasteiger partial charge in [0.2, 0.25) is 11.8 Å². The molecule has 2 aromatic carbocycles. The number of nitrogens with one attached hydrogen (secondary N) is 2. The maximum absolute atomic E-state index is 12.4. The molecule has 0 spiro atoms. The Morgan fingerprint density at radius 2 is 1.58 bits per heavy atom. The summed E-state index contributed by atoms with van der Waals surface area (Å²) < 4.78 is 10.1. The predicted molar refractivity (Wildman–Crippen MR) is 121 cm³/mol. The van der Waals surface area contributed by atoms with Crippen molar-refractivity contribution in [2.75, 3.05) is 7.11 Å². The van der Waals surface area contributed by atoms with Gasteiger partial charge in [0.25, 0.3) is 0 Å². The molecule has 10 heteroatoms. The van der Waals surface area contributed by atoms with Gasteiger partial charge in [-0.25, -0.2) is 0 Å². The number of amides is 2. The van der Waals surface area contributed by atoms with E-state index in [2.05, 4.69) is 19.3 Å². The molecule has 0 fully saturated rings. The first-order valence-corrected chi connectivity index (χ1v) is 12.2. The van der Waals surface area contributed by atoms with Gasteiger partial charge in [-0.05, 0) is 50.2 Å². The molecule has 2 rings (SSSR count). The third-order valence-electron chi connectivity index (χ3n) is 4.27. The number of aryl methyl sites for hydroxylation is 1. The first-order chi connectivity index (χ1) is 14.4. The zero-order valence-corrected chi connectivity index (χ0v) is 20.9. The molecule has 0 aromatic heterocycles. The summed E-state index contributed by atoms with van der Waals surface area (Å²) in [7, 11) is 4.21. The Balaban J connectivity index is 0.00000480. The fourth-order valence-electron chi connectivity index (χ4n) is 2.78. The van der Waals surface area contributed by atoms with Crippen LogP contribution >= 0.6 is 17.3 Å². The number of methoxy groups -OCH3 is 1. The van der Waals surface area contributed by atoms with Gasteiger partial charge in [0.05, 0.1) is 7.11 Å². The van der Waals surface area contributed by atoms with Crippen molar-refractivity contribution >= 4 is 35.1 Å². The summed E-state index contributed by atoms with van der Waals surface area (Å²) in [5, 5.41) is 5.57. The van der Waals surface area contributed by atoms with Crippen LogP contribution in [0.25, 0.3) is 0 Å². The maximum atomic E-state index is 12.4. The quantitative estimate of drug-likeness (QED) is 0.298. The Kier molecular flexibility index (Phi) is 12.4. The van der Waals surface area contributed by atoms with Gasteiger partial charge >= 0.3 is 5.97 Å². The van der Waals surface area contributed by atoms with Crippen molar-refractivity contribution < 1.29 is 42.4 Å². The number of ether oxygens (including phenoxy) is 2. The number of carbonyl (C=O) groups excluding carboxylic acids is 3. The van der Waals surface area contributed by atoms with E-state index in [0.717, 1.165) is 16.9 Å². The van der Waals surface area contributed by atoms with Crippen molar-refractivity contribution in [3.05, 3.63) is 59.7 Å². The van der Waals surface area contributed by atoms with Crippen molar-refractivity contribution in [3.63, 3.8) is 0 Å². The summed E-state index contributed by atoms with van der Waals surface area (Å²) in [5.41, 5.74) is 1.85. The number of hydrogen-bond donors (Lipinski definition) is 2. The van der Waals surface area contributed by atoms with Crippen LogP contribution in [0, 0.1) is 0 Å². The van der Waals surface area contributed by atoms with Crippen LogP contribution in [0.4, 0.5) is 0 Å². The number of esters is 1. The molecule has 2 N–H and O–H groups in total. The SMILES string of the molecule is COc1ccc(CCC(=O)NC(Cc2ccc(OC(C)=O)cc2)C(=O)NPP)cc1.[V]. The summed E-state index contributed by atoms with van der Waals surface area (Å²) >= 11 is 0. The summed E-state index contributed by atoms with van der Waals surface area (Å²) in [6, 6.07) is 13.7. The number of rotatable bonds is 10. The van der Waals surface area contributed by atoms with Crippen LogP contribution < -0.4 is 19.9 Å². The zero-order valence-electron chi connectivity index (χ0n) is 17.4. The number of carbonyl (C=O) groups is 3. The third kappa shape index (κ3) is 9.84. The molecule has 7 nitrogen and oxygen atoms in total. The van der Waals surface area contributed by atoms with Crippen molar-refractivity contribution in [2.24, 2.45) is 0 Å². The molecular weight excluding hydrogens is 473 g/mol. The summed E-state index contributed by atoms with van der Waals surface area (Å²) in [4.78, 5) is 35.9. The van der Waals surface area contributed by atoms with E-state index in [4.69, 9.17) is 9.47 Å². The Bertz CT molecular complexity index is 863. The smallest absolute Gasteiger partial charge is 0.308 e. The van der Waals surface area contributed by atoms with Gasteiger partial charge in [-0.3, -0.25) is 14.4 Å². The topological polar surface area (TPSA) is 93.7 Å². The van der Waals surface area contributed by atoms with Gasteiger partial charge in [-0.15, -0.1) is 0 Å². The molecular formula is C21H26N2O5P2V. The summed E-state index contributed by atoms with van der Waals surface area (Å²) in [5.74, 6) is 0.352. The van der Waals surface area contributed by atoms with Gasteiger partial charge in [0, 0.05) is 38.3 Å². The van der Waals surface area contributed by atoms with Gasteiger partial charge < -0.3 is 19.9 Å². The largest absolute Gasteiger partial charge is 0.497 e. The van der Waals surface area contributed by atoms with Gasteiger partial charge in [-0.2, -0.15) is 0 Å². The van der Waals surface area contributed by atoms with E-state index in [1.165, 1.54) is 6.92 Å². The molecule has 31 heavy (non-hydrogen) atoms. The molecule has 0 saturated carbocycles. The molecule has 0 saturated heterocycles. The van der Waals surface area contributed by atoms with Crippen LogP contribution in [-0.2, 0) is 45.8 Å². The van der Waals surface area contributed by atoms with Crippen molar-refractivity contribution in [1.29, 1.82) is 0 Å². The Morgan fingerprint density at radius 3 is 2.13 bits per heavy atom. The van der Waals surface area contributed by atoms with E-state index in [1.54, 1.807) is 31.4 Å². The van der Waals surface area contributed by atoms with E-state index in [9.17, 15) is 14.4 Å². The summed E-state index contributed by atoms with van der Waals surface area (Å²) in [6.45, 7) is 1.33. The van der Waals surface area contributed by atoms with Crippen LogP contribution in [0.2, 0.25) is 0 Å². The minimum absolute atomic E-state index is 0. The predicted octanol–water partition coefficient (Wildman–Crippen LogP) is 2.78. The second-order valence-electron chi connectivity index (χ2n) is 6.54. The number of hydrogen-bond acceptors (Lipinski definition) is 5. The monoisotopic (exact) mass is 499 g/mol. The Labute approximate surface area is 198 Å². The van der Waals surface area contributed by atoms with Crippen LogP contribution in [0.3, 0.4) is 0 Å². The first kappa shape index (κ1) is 27.1. The molecule has 0 aliphatic carbocycles. The molecule has 2 aromatic rings. The second-order valence-corrected chi connectivity index (χ2v) is 7.95. The van der Waals surface area contributed by atoms with Gasteiger partial charge in [0.15, 0.2) is 0 Å². The van der Waals surface area contributed by atoms with E-state index in [1.807, 2.05) is 24.3 Å². The normalized spacial score (nSPS) is 11.3. The average molecular weight is 499 g/mol. The zero-order chi connectivity index (χ0) is 21.9. The minimum Gasteiger partial charge on any atom is -0.497 e. The number of benzene rings is 2. The average Bonchev–Trinajstić information content (AvgIpc) is 2.73. The third-order valence-corrected chi connectivity index (χ3v) is 5.10. The van der Waals surface area contributed by atoms with E-state index < -0.39 is 12.0 Å². The van der Waals surface area contributed by atoms with Crippen LogP contribution in [0.5, 0.6) is 11.5 Å². The minimum atomic E-state index is -0.694. The molecule has 2 amide bonds. The van der Waals surface area contributed by atoms with Crippen molar-refractivity contribution in [2.45, 2.75) is 32.2 Å². The molecule has 3 unspecified atom stereocenters. The van der Waals surface area contributed by atoms with Gasteiger partial charge in [-0.1, -0.05) is 33.2 Å². The molecule has 0 bridgehead atoms. The van der Waals surface area contributed by atoms with Crippen molar-refractivity contribution in [3.8, 4) is 11.5 Å². The molecule has 0 heterocycles. The van der Waals surface area contributed by atoms with E-state index in [-0.39, 0.29) is 45.2 Å². The van der Waals surface area contributed by atoms with Crippen LogP contribution in [0.1, 0.15) is 24.5 Å². The molecule has 0 aliphatic rings.